The highest BCUT2D eigenvalue weighted by molar-refractivity contribution is 5.73. The SMILES string of the molecule is CC(=O)OCC1O[C@@H](O[C@H]2C(COC(C)=O)O[C@@H](O[C@H]3C(COC(C)=O)O[C@@H](O[C@H]4C(COC(C)=O)O[C@@H](O[C@H]5C(COC(C)=O)O[C@@H](O[C@H]6C(COC(C)=O)O[C@@H](O)C(OC(C)=O)[C@@H]6OC(C)=O)C(OC(C)=O)[C@@H]5OC(C)=O)C(OC(C)=O)[C@@H]4OC(C)=O)C(OC(C)=O)[C@@H]3OC(C)=O)C(OC(C)=O)[C@H]2OC(C)=O)C(OC(C)=O)[C@@H](OC(C)=O)[C@H]1OC(C)=O. The van der Waals surface area contributed by atoms with Gasteiger partial charge in [-0.3, -0.25) is 91.1 Å². The van der Waals surface area contributed by atoms with Crippen molar-refractivity contribution in [3.8, 4) is 0 Å². The number of ether oxygens (including phenoxy) is 30. The Bertz CT molecular complexity index is 3840. The van der Waals surface area contributed by atoms with Crippen LogP contribution in [0.1, 0.15) is 132 Å². The van der Waals surface area contributed by atoms with E-state index in [2.05, 4.69) is 0 Å². The molecule has 696 valence electrons. The molecule has 6 aliphatic heterocycles. The van der Waals surface area contributed by atoms with Gasteiger partial charge in [-0.25, -0.2) is 0 Å². The van der Waals surface area contributed by atoms with Crippen molar-refractivity contribution in [1.29, 1.82) is 0 Å². The van der Waals surface area contributed by atoms with Crippen molar-refractivity contribution < 1.29 is 238 Å². The third-order valence-corrected chi connectivity index (χ3v) is 17.7. The summed E-state index contributed by atoms with van der Waals surface area (Å²) in [4.78, 5) is 249. The van der Waals surface area contributed by atoms with Crippen LogP contribution in [0.5, 0.6) is 0 Å². The van der Waals surface area contributed by atoms with Crippen molar-refractivity contribution >= 4 is 113 Å². The predicted molar refractivity (Wildman–Crippen MR) is 381 cm³/mol. The van der Waals surface area contributed by atoms with E-state index in [0.29, 0.717) is 0 Å². The van der Waals surface area contributed by atoms with Gasteiger partial charge in [-0.1, -0.05) is 0 Å². The van der Waals surface area contributed by atoms with Gasteiger partial charge in [0.25, 0.3) is 0 Å². The van der Waals surface area contributed by atoms with Crippen LogP contribution in [0.4, 0.5) is 0 Å². The number of rotatable bonds is 35. The van der Waals surface area contributed by atoms with Crippen LogP contribution in [-0.2, 0) is 233 Å². The molecule has 50 heteroatoms. The summed E-state index contributed by atoms with van der Waals surface area (Å²) >= 11 is 0. The Labute approximate surface area is 705 Å². The van der Waals surface area contributed by atoms with Gasteiger partial charge in [0.2, 0.25) is 0 Å². The molecule has 124 heavy (non-hydrogen) atoms. The fourth-order valence-electron chi connectivity index (χ4n) is 13.6. The maximum absolute atomic E-state index is 13.8. The molecule has 0 aliphatic carbocycles. The lowest BCUT2D eigenvalue weighted by Gasteiger charge is -2.51. The van der Waals surface area contributed by atoms with Crippen molar-refractivity contribution in [2.24, 2.45) is 0 Å². The largest absolute Gasteiger partial charge is 0.463 e. The van der Waals surface area contributed by atoms with Crippen molar-refractivity contribution in [2.75, 3.05) is 39.6 Å². The molecule has 50 nitrogen and oxygen atoms in total. The summed E-state index contributed by atoms with van der Waals surface area (Å²) in [6.45, 7) is 10.8. The van der Waals surface area contributed by atoms with Crippen LogP contribution in [0.3, 0.4) is 0 Å². The molecular weight excluding hydrogens is 1690 g/mol. The first-order valence-corrected chi connectivity index (χ1v) is 37.9. The molecule has 0 aromatic carbocycles. The van der Waals surface area contributed by atoms with Crippen molar-refractivity contribution in [3.63, 3.8) is 0 Å². The molecule has 0 spiro atoms. The summed E-state index contributed by atoms with van der Waals surface area (Å²) in [6, 6.07) is 0. The van der Waals surface area contributed by atoms with E-state index in [-0.39, 0.29) is 0 Å². The zero-order valence-electron chi connectivity index (χ0n) is 70.5. The van der Waals surface area contributed by atoms with E-state index in [9.17, 15) is 96.2 Å². The zero-order chi connectivity index (χ0) is 92.7. The lowest BCUT2D eigenvalue weighted by molar-refractivity contribution is -0.396. The van der Waals surface area contributed by atoms with Gasteiger partial charge >= 0.3 is 113 Å². The summed E-state index contributed by atoms with van der Waals surface area (Å²) < 4.78 is 177. The number of esters is 19. The number of aliphatic hydroxyl groups excluding tert-OH is 1. The quantitative estimate of drug-likeness (QED) is 0.0481. The maximum Gasteiger partial charge on any atom is 0.303 e. The van der Waals surface area contributed by atoms with Gasteiger partial charge in [0, 0.05) is 132 Å². The second kappa shape index (κ2) is 47.0. The molecule has 0 aromatic rings. The molecule has 6 rings (SSSR count). The van der Waals surface area contributed by atoms with E-state index in [1.165, 1.54) is 0 Å². The van der Waals surface area contributed by atoms with Gasteiger partial charge in [-0.2, -0.15) is 0 Å². The fourth-order valence-corrected chi connectivity index (χ4v) is 13.6. The molecule has 30 atom stereocenters. The van der Waals surface area contributed by atoms with E-state index in [0.717, 1.165) is 132 Å². The van der Waals surface area contributed by atoms with Crippen molar-refractivity contribution in [2.45, 2.75) is 316 Å². The van der Waals surface area contributed by atoms with Crippen LogP contribution < -0.4 is 0 Å². The number of hydrogen-bond acceptors (Lipinski definition) is 50. The summed E-state index contributed by atoms with van der Waals surface area (Å²) in [6.07, 6.45) is -64.0. The van der Waals surface area contributed by atoms with Crippen LogP contribution in [0.15, 0.2) is 0 Å². The highest BCUT2D eigenvalue weighted by atomic mass is 16.8. The Hall–Kier alpha value is -10.6. The smallest absolute Gasteiger partial charge is 0.303 e. The summed E-state index contributed by atoms with van der Waals surface area (Å²) in [7, 11) is 0. The third-order valence-electron chi connectivity index (χ3n) is 17.7. The summed E-state index contributed by atoms with van der Waals surface area (Å²) in [5, 5.41) is 11.2. The monoisotopic (exact) mass is 1790 g/mol. The normalized spacial score (nSPS) is 33.1. The molecule has 1 N–H and O–H groups in total. The molecule has 0 saturated carbocycles. The molecule has 0 aromatic heterocycles. The van der Waals surface area contributed by atoms with Crippen LogP contribution in [0.25, 0.3) is 0 Å². The molecular formula is C74H100O50. The minimum absolute atomic E-state index is 0.804. The molecule has 6 aliphatic rings. The number of aliphatic hydroxyl groups is 1. The average molecular weight is 1790 g/mol. The fraction of sp³-hybridized carbons (Fsp3) is 0.743. The second-order valence-corrected chi connectivity index (χ2v) is 28.1. The first-order chi connectivity index (χ1) is 58.0. The van der Waals surface area contributed by atoms with E-state index in [4.69, 9.17) is 142 Å². The Morgan fingerprint density at radius 3 is 0.468 bits per heavy atom. The molecule has 0 bridgehead atoms. The molecule has 12 unspecified atom stereocenters. The summed E-state index contributed by atoms with van der Waals surface area (Å²) in [5.74, 6) is -21.7. The Morgan fingerprint density at radius 1 is 0.169 bits per heavy atom. The van der Waals surface area contributed by atoms with Gasteiger partial charge in [0.05, 0.1) is 0 Å². The van der Waals surface area contributed by atoms with Crippen LogP contribution in [-0.4, -0.2) is 342 Å². The minimum Gasteiger partial charge on any atom is -0.463 e. The minimum atomic E-state index is -2.43. The topological polar surface area (TPSA) is 621 Å². The zero-order valence-corrected chi connectivity index (χ0v) is 70.5. The predicted octanol–water partition coefficient (Wildman–Crippen LogP) is -3.26. The van der Waals surface area contributed by atoms with Gasteiger partial charge in [-0.15, -0.1) is 0 Å². The molecule has 6 fully saturated rings. The van der Waals surface area contributed by atoms with Crippen molar-refractivity contribution in [1.82, 2.24) is 0 Å². The van der Waals surface area contributed by atoms with E-state index >= 15 is 0 Å². The number of carbonyl (C=O) groups excluding carboxylic acids is 19. The Balaban J connectivity index is 1.54. The first-order valence-electron chi connectivity index (χ1n) is 37.9. The van der Waals surface area contributed by atoms with Gasteiger partial charge < -0.3 is 147 Å². The van der Waals surface area contributed by atoms with Crippen LogP contribution >= 0.6 is 0 Å². The van der Waals surface area contributed by atoms with Crippen LogP contribution in [0.2, 0.25) is 0 Å². The molecule has 6 heterocycles. The Kier molecular flexibility index (Phi) is 38.7. The van der Waals surface area contributed by atoms with Crippen molar-refractivity contribution in [3.05, 3.63) is 0 Å². The van der Waals surface area contributed by atoms with E-state index < -0.39 is 337 Å². The molecule has 0 amide bonds. The number of carbonyl (C=O) groups is 19. The van der Waals surface area contributed by atoms with E-state index in [1.54, 1.807) is 0 Å². The highest BCUT2D eigenvalue weighted by Crippen LogP contribution is 2.43. The van der Waals surface area contributed by atoms with E-state index in [1.807, 2.05) is 0 Å². The maximum atomic E-state index is 13.8. The lowest BCUT2D eigenvalue weighted by atomic mass is 9.94. The molecule has 0 radical (unpaired) electrons. The van der Waals surface area contributed by atoms with Gasteiger partial charge in [0.1, 0.15) is 107 Å². The highest BCUT2D eigenvalue weighted by Gasteiger charge is 2.64. The lowest BCUT2D eigenvalue weighted by Crippen LogP contribution is -2.70. The standard InChI is InChI=1S/C74H100O50/c1-26(75)95-20-45-52(57(102-33(8)82)63(69(94)114-45)108-39(14)88)120-71-65(110-41(16)90)59(104-35(10)84)54(47(116-71)22-97-28(3)77)122-73-67(112-43(18)92)61(106-37(12)86)56(49(118-73)24-99-30(5)79)124-74-68(113-44(19)93)62(107-38(13)87)55(50(119-74)25-100-31(6)80)123-72-66(111-42(17)91)60(105-36(11)85)53(48(117-72)23-98-29(4)78)121-70-64(109-40(15)89)58(103-34(9)83)51(101-32(7)81)46(115-70)21-96-27(2)76/h45-74,94H,20-25H2,1-19H3/t45?,46?,47?,48?,49?,50?,51-,52-,53-,54-,55-,56-,57+,58-,59+,60-,61+,62+,63?,64?,65?,66?,67?,68?,69+,70-,71-,72-,73-,74-/m0/s1. The van der Waals surface area contributed by atoms with Gasteiger partial charge in [0.15, 0.2) is 117 Å². The second-order valence-electron chi connectivity index (χ2n) is 28.1. The van der Waals surface area contributed by atoms with Gasteiger partial charge in [-0.05, 0) is 0 Å². The molecule has 6 saturated heterocycles. The summed E-state index contributed by atoms with van der Waals surface area (Å²) in [5.41, 5.74) is 0. The average Bonchev–Trinajstić information content (AvgIpc) is 0.753. The third kappa shape index (κ3) is 30.4. The first kappa shape index (κ1) is 102. The Morgan fingerprint density at radius 2 is 0.298 bits per heavy atom. The number of hydrogen-bond donors (Lipinski definition) is 1. The van der Waals surface area contributed by atoms with Crippen LogP contribution in [0, 0.1) is 0 Å².